The van der Waals surface area contributed by atoms with Gasteiger partial charge in [0.05, 0.1) is 25.4 Å². The summed E-state index contributed by atoms with van der Waals surface area (Å²) < 4.78 is 0. The van der Waals surface area contributed by atoms with E-state index in [4.69, 9.17) is 0 Å². The summed E-state index contributed by atoms with van der Waals surface area (Å²) >= 11 is 0. The fraction of sp³-hybridized carbons (Fsp3) is 0.500. The molecule has 1 aromatic carbocycles. The first kappa shape index (κ1) is 16.4. The largest absolute Gasteiger partial charge is 0.394 e. The average Bonchev–Trinajstić information content (AvgIpc) is 2.51. The van der Waals surface area contributed by atoms with Crippen LogP contribution in [-0.2, 0) is 0 Å². The Morgan fingerprint density at radius 2 is 1.75 bits per heavy atom. The van der Waals surface area contributed by atoms with Crippen LogP contribution in [0.3, 0.4) is 0 Å². The zero-order chi connectivity index (χ0) is 15.0. The number of benzene rings is 1. The number of amides is 1. The van der Waals surface area contributed by atoms with Gasteiger partial charge < -0.3 is 26.0 Å². The number of anilines is 1. The lowest BCUT2D eigenvalue weighted by molar-refractivity contribution is 0.0375. The van der Waals surface area contributed by atoms with E-state index in [1.807, 2.05) is 13.0 Å². The van der Waals surface area contributed by atoms with Gasteiger partial charge in [0, 0.05) is 12.2 Å². The van der Waals surface area contributed by atoms with Crippen molar-refractivity contribution in [3.63, 3.8) is 0 Å². The molecule has 6 heteroatoms. The van der Waals surface area contributed by atoms with Crippen molar-refractivity contribution in [2.24, 2.45) is 0 Å². The van der Waals surface area contributed by atoms with E-state index in [1.54, 1.807) is 18.2 Å². The lowest BCUT2D eigenvalue weighted by atomic mass is 10.0. The van der Waals surface area contributed by atoms with E-state index in [0.717, 1.165) is 13.0 Å². The van der Waals surface area contributed by atoms with Crippen molar-refractivity contribution in [1.29, 1.82) is 0 Å². The summed E-state index contributed by atoms with van der Waals surface area (Å²) in [5.74, 6) is -0.457. The number of aliphatic hydroxyl groups excluding tert-OH is 3. The number of hydrogen-bond acceptors (Lipinski definition) is 5. The van der Waals surface area contributed by atoms with Gasteiger partial charge >= 0.3 is 0 Å². The zero-order valence-corrected chi connectivity index (χ0v) is 11.6. The summed E-state index contributed by atoms with van der Waals surface area (Å²) in [6.07, 6.45) is 0.920. The third-order valence-corrected chi connectivity index (χ3v) is 3.02. The van der Waals surface area contributed by atoms with E-state index >= 15 is 0 Å². The maximum absolute atomic E-state index is 12.2. The second-order valence-corrected chi connectivity index (χ2v) is 4.68. The Morgan fingerprint density at radius 1 is 1.15 bits per heavy atom. The van der Waals surface area contributed by atoms with Gasteiger partial charge in [-0.2, -0.15) is 0 Å². The highest BCUT2D eigenvalue weighted by Gasteiger charge is 2.30. The summed E-state index contributed by atoms with van der Waals surface area (Å²) in [6, 6.07) is 6.96. The van der Waals surface area contributed by atoms with Crippen molar-refractivity contribution < 1.29 is 20.1 Å². The zero-order valence-electron chi connectivity index (χ0n) is 11.6. The first-order valence-corrected chi connectivity index (χ1v) is 6.60. The fourth-order valence-electron chi connectivity index (χ4n) is 1.67. The second-order valence-electron chi connectivity index (χ2n) is 4.68. The van der Waals surface area contributed by atoms with Gasteiger partial charge in [0.25, 0.3) is 5.91 Å². The van der Waals surface area contributed by atoms with Crippen molar-refractivity contribution in [2.75, 3.05) is 31.7 Å². The molecule has 20 heavy (non-hydrogen) atoms. The molecule has 0 spiro atoms. The monoisotopic (exact) mass is 282 g/mol. The third kappa shape index (κ3) is 3.93. The molecule has 0 fully saturated rings. The van der Waals surface area contributed by atoms with Crippen LogP contribution in [0.1, 0.15) is 23.7 Å². The third-order valence-electron chi connectivity index (χ3n) is 3.02. The van der Waals surface area contributed by atoms with Gasteiger partial charge in [-0.15, -0.1) is 0 Å². The first-order chi connectivity index (χ1) is 9.62. The first-order valence-electron chi connectivity index (χ1n) is 6.60. The summed E-state index contributed by atoms with van der Waals surface area (Å²) in [7, 11) is 0. The van der Waals surface area contributed by atoms with Crippen LogP contribution in [0, 0.1) is 0 Å². The Kier molecular flexibility index (Phi) is 6.44. The fourth-order valence-corrected chi connectivity index (χ4v) is 1.67. The maximum atomic E-state index is 12.2. The molecule has 1 rings (SSSR count). The van der Waals surface area contributed by atoms with Gasteiger partial charge in [-0.3, -0.25) is 4.79 Å². The molecule has 0 aliphatic rings. The number of carbonyl (C=O) groups is 1. The Labute approximate surface area is 118 Å². The predicted molar refractivity (Wildman–Crippen MR) is 76.7 cm³/mol. The summed E-state index contributed by atoms with van der Waals surface area (Å²) in [4.78, 5) is 12.2. The van der Waals surface area contributed by atoms with Gasteiger partial charge in [-0.1, -0.05) is 19.1 Å². The lowest BCUT2D eigenvalue weighted by Crippen LogP contribution is -2.57. The lowest BCUT2D eigenvalue weighted by Gasteiger charge is -2.29. The van der Waals surface area contributed by atoms with E-state index in [1.165, 1.54) is 0 Å². The van der Waals surface area contributed by atoms with E-state index < -0.39 is 31.3 Å². The van der Waals surface area contributed by atoms with Crippen LogP contribution in [0.2, 0.25) is 0 Å². The molecule has 0 saturated carbocycles. The van der Waals surface area contributed by atoms with Crippen LogP contribution in [-0.4, -0.2) is 53.1 Å². The number of hydrogen-bond donors (Lipinski definition) is 5. The minimum Gasteiger partial charge on any atom is -0.394 e. The molecule has 0 heterocycles. The molecule has 0 bridgehead atoms. The normalized spacial score (nSPS) is 11.2. The Balaban J connectivity index is 2.91. The van der Waals surface area contributed by atoms with Crippen molar-refractivity contribution in [3.8, 4) is 0 Å². The Morgan fingerprint density at radius 3 is 2.30 bits per heavy atom. The van der Waals surface area contributed by atoms with Crippen LogP contribution in [0.5, 0.6) is 0 Å². The molecule has 0 unspecified atom stereocenters. The molecule has 0 aromatic heterocycles. The van der Waals surface area contributed by atoms with Crippen LogP contribution in [0.15, 0.2) is 24.3 Å². The highest BCUT2D eigenvalue weighted by molar-refractivity contribution is 6.00. The van der Waals surface area contributed by atoms with Gasteiger partial charge in [0.1, 0.15) is 5.54 Å². The molecule has 0 saturated heterocycles. The van der Waals surface area contributed by atoms with E-state index in [-0.39, 0.29) is 0 Å². The van der Waals surface area contributed by atoms with Gasteiger partial charge in [0.15, 0.2) is 0 Å². The molecule has 112 valence electrons. The molecule has 0 aliphatic heterocycles. The quantitative estimate of drug-likeness (QED) is 0.460. The van der Waals surface area contributed by atoms with Crippen LogP contribution < -0.4 is 10.6 Å². The average molecular weight is 282 g/mol. The number of rotatable bonds is 8. The van der Waals surface area contributed by atoms with Crippen molar-refractivity contribution >= 4 is 11.6 Å². The highest BCUT2D eigenvalue weighted by Crippen LogP contribution is 2.16. The number of para-hydroxylation sites is 1. The second kappa shape index (κ2) is 7.84. The van der Waals surface area contributed by atoms with Crippen molar-refractivity contribution in [3.05, 3.63) is 29.8 Å². The van der Waals surface area contributed by atoms with Crippen LogP contribution >= 0.6 is 0 Å². The van der Waals surface area contributed by atoms with Gasteiger partial charge in [-0.25, -0.2) is 0 Å². The smallest absolute Gasteiger partial charge is 0.254 e. The summed E-state index contributed by atoms with van der Waals surface area (Å²) in [6.45, 7) is 1.11. The SMILES string of the molecule is CCCNc1ccccc1C(=O)NC(CO)(CO)CO. The van der Waals surface area contributed by atoms with E-state index in [0.29, 0.717) is 11.3 Å². The number of carbonyl (C=O) groups excluding carboxylic acids is 1. The van der Waals surface area contributed by atoms with Crippen molar-refractivity contribution in [2.45, 2.75) is 18.9 Å². The molecular weight excluding hydrogens is 260 g/mol. The Hall–Kier alpha value is -1.63. The standard InChI is InChI=1S/C14H22N2O4/c1-2-7-15-12-6-4-3-5-11(12)13(20)16-14(8-17,9-18)10-19/h3-6,15,17-19H,2,7-10H2,1H3,(H,16,20). The number of nitrogens with one attached hydrogen (secondary N) is 2. The van der Waals surface area contributed by atoms with Crippen LogP contribution in [0.4, 0.5) is 5.69 Å². The van der Waals surface area contributed by atoms with Crippen molar-refractivity contribution in [1.82, 2.24) is 5.32 Å². The van der Waals surface area contributed by atoms with Crippen LogP contribution in [0.25, 0.3) is 0 Å². The Bertz CT molecular complexity index is 425. The maximum Gasteiger partial charge on any atom is 0.254 e. The molecule has 0 atom stereocenters. The molecule has 1 amide bonds. The molecule has 6 nitrogen and oxygen atoms in total. The molecular formula is C14H22N2O4. The topological polar surface area (TPSA) is 102 Å². The summed E-state index contributed by atoms with van der Waals surface area (Å²) in [5, 5.41) is 33.3. The molecule has 0 radical (unpaired) electrons. The predicted octanol–water partition coefficient (Wildman–Crippen LogP) is -0.0460. The molecule has 1 aromatic rings. The minimum atomic E-state index is -1.42. The van der Waals surface area contributed by atoms with E-state index in [9.17, 15) is 20.1 Å². The van der Waals surface area contributed by atoms with E-state index in [2.05, 4.69) is 10.6 Å². The van der Waals surface area contributed by atoms with Gasteiger partial charge in [0.2, 0.25) is 0 Å². The van der Waals surface area contributed by atoms with Gasteiger partial charge in [-0.05, 0) is 18.6 Å². The number of aliphatic hydroxyl groups is 3. The summed E-state index contributed by atoms with van der Waals surface area (Å²) in [5.41, 5.74) is -0.343. The minimum absolute atomic E-state index is 0.403. The molecule has 5 N–H and O–H groups in total. The molecule has 0 aliphatic carbocycles. The highest BCUT2D eigenvalue weighted by atomic mass is 16.3.